The number of hydrogen-bond donors (Lipinski definition) is 1. The molecule has 0 aromatic heterocycles. The van der Waals surface area contributed by atoms with E-state index in [4.69, 9.17) is 9.47 Å². The average Bonchev–Trinajstić information content (AvgIpc) is 2.70. The highest BCUT2D eigenvalue weighted by Gasteiger charge is 2.30. The second-order valence-electron chi connectivity index (χ2n) is 6.95. The van der Waals surface area contributed by atoms with Gasteiger partial charge in [-0.2, -0.15) is 0 Å². The average molecular weight is 448 g/mol. The van der Waals surface area contributed by atoms with Gasteiger partial charge in [0, 0.05) is 4.47 Å². The van der Waals surface area contributed by atoms with Gasteiger partial charge in [0.15, 0.2) is 11.5 Å². The number of ether oxygens (including phenoxy) is 2. The molecule has 1 N–H and O–H groups in total. The number of rotatable bonds is 7. The number of carboxylic acid groups (broad SMARTS) is 1. The number of benzene rings is 2. The van der Waals surface area contributed by atoms with Gasteiger partial charge in [0.2, 0.25) is 0 Å². The number of likely N-dealkylation sites (tertiary alicyclic amines) is 1. The van der Waals surface area contributed by atoms with Gasteiger partial charge >= 0.3 is 5.97 Å². The molecular weight excluding hydrogens is 422 g/mol. The Morgan fingerprint density at radius 2 is 1.79 bits per heavy atom. The number of hydrogen-bond acceptors (Lipinski definition) is 4. The maximum Gasteiger partial charge on any atom is 0.306 e. The summed E-state index contributed by atoms with van der Waals surface area (Å²) in [5, 5.41) is 9.33. The fraction of sp³-hybridized carbons (Fsp3) is 0.409. The van der Waals surface area contributed by atoms with Crippen molar-refractivity contribution in [1.82, 2.24) is 4.90 Å². The molecule has 1 aliphatic heterocycles. The lowest BCUT2D eigenvalue weighted by atomic mass is 9.91. The first-order valence-electron chi connectivity index (χ1n) is 9.56. The molecule has 1 unspecified atom stereocenters. The summed E-state index contributed by atoms with van der Waals surface area (Å²) in [4.78, 5) is 13.7. The molecule has 150 valence electrons. The fourth-order valence-corrected chi connectivity index (χ4v) is 4.06. The molecule has 0 amide bonds. The molecule has 6 heteroatoms. The topological polar surface area (TPSA) is 59.0 Å². The van der Waals surface area contributed by atoms with E-state index >= 15 is 0 Å². The smallest absolute Gasteiger partial charge is 0.306 e. The van der Waals surface area contributed by atoms with Crippen LogP contribution in [0.25, 0.3) is 0 Å². The Kier molecular flexibility index (Phi) is 6.97. The highest BCUT2D eigenvalue weighted by Crippen LogP contribution is 2.37. The lowest BCUT2D eigenvalue weighted by molar-refractivity contribution is -0.143. The molecule has 5 nitrogen and oxygen atoms in total. The predicted molar refractivity (Wildman–Crippen MR) is 112 cm³/mol. The minimum Gasteiger partial charge on any atom is -0.493 e. The molecule has 1 fully saturated rings. The summed E-state index contributed by atoms with van der Waals surface area (Å²) < 4.78 is 12.2. The molecule has 1 aliphatic rings. The highest BCUT2D eigenvalue weighted by molar-refractivity contribution is 9.10. The lowest BCUT2D eigenvalue weighted by Crippen LogP contribution is -2.39. The Hall–Kier alpha value is -2.05. The lowest BCUT2D eigenvalue weighted by Gasteiger charge is -2.37. The van der Waals surface area contributed by atoms with Gasteiger partial charge < -0.3 is 14.6 Å². The molecular formula is C22H26BrNO4. The van der Waals surface area contributed by atoms with Crippen LogP contribution in [0.2, 0.25) is 0 Å². The zero-order valence-corrected chi connectivity index (χ0v) is 17.8. The number of piperidine rings is 1. The molecule has 0 aliphatic carbocycles. The van der Waals surface area contributed by atoms with E-state index in [1.54, 1.807) is 7.11 Å². The van der Waals surface area contributed by atoms with Gasteiger partial charge in [-0.25, -0.2) is 0 Å². The first-order valence-corrected chi connectivity index (χ1v) is 10.4. The van der Waals surface area contributed by atoms with Crippen LogP contribution < -0.4 is 9.47 Å². The molecule has 2 aromatic carbocycles. The van der Waals surface area contributed by atoms with Gasteiger partial charge in [0.25, 0.3) is 0 Å². The quantitative estimate of drug-likeness (QED) is 0.663. The van der Waals surface area contributed by atoms with Crippen molar-refractivity contribution in [2.24, 2.45) is 5.92 Å². The molecule has 3 rings (SSSR count). The number of carbonyl (C=O) groups is 1. The van der Waals surface area contributed by atoms with Gasteiger partial charge in [0.1, 0.15) is 0 Å². The Morgan fingerprint density at radius 1 is 1.14 bits per heavy atom. The SMILES string of the molecule is CCOc1cc(C(c2ccc(Br)cc2)N2CCC(C(=O)O)CC2)ccc1OC. The van der Waals surface area contributed by atoms with Crippen molar-refractivity contribution in [2.45, 2.75) is 25.8 Å². The third kappa shape index (κ3) is 4.67. The van der Waals surface area contributed by atoms with E-state index in [0.717, 1.165) is 28.9 Å². The molecule has 1 heterocycles. The van der Waals surface area contributed by atoms with Crippen LogP contribution in [0.1, 0.15) is 36.9 Å². The zero-order valence-electron chi connectivity index (χ0n) is 16.2. The first-order chi connectivity index (χ1) is 13.5. The van der Waals surface area contributed by atoms with E-state index in [1.807, 2.05) is 31.2 Å². The molecule has 2 aromatic rings. The van der Waals surface area contributed by atoms with Gasteiger partial charge in [-0.3, -0.25) is 9.69 Å². The van der Waals surface area contributed by atoms with E-state index in [2.05, 4.69) is 39.0 Å². The summed E-state index contributed by atoms with van der Waals surface area (Å²) in [6, 6.07) is 14.4. The van der Waals surface area contributed by atoms with E-state index in [0.29, 0.717) is 25.2 Å². The Balaban J connectivity index is 1.96. The summed E-state index contributed by atoms with van der Waals surface area (Å²) in [6.07, 6.45) is 1.33. The van der Waals surface area contributed by atoms with Crippen molar-refractivity contribution in [3.8, 4) is 11.5 Å². The maximum atomic E-state index is 11.3. The molecule has 1 atom stereocenters. The van der Waals surface area contributed by atoms with Crippen LogP contribution in [-0.4, -0.2) is 42.8 Å². The third-order valence-corrected chi connectivity index (χ3v) is 5.76. The molecule has 1 saturated heterocycles. The number of halogens is 1. The summed E-state index contributed by atoms with van der Waals surface area (Å²) in [5.74, 6) is 0.495. The summed E-state index contributed by atoms with van der Waals surface area (Å²) in [6.45, 7) is 4.00. The number of carboxylic acids is 1. The maximum absolute atomic E-state index is 11.3. The van der Waals surface area contributed by atoms with Crippen LogP contribution in [0, 0.1) is 5.92 Å². The van der Waals surface area contributed by atoms with Crippen molar-refractivity contribution in [3.63, 3.8) is 0 Å². The van der Waals surface area contributed by atoms with Crippen LogP contribution in [0.3, 0.4) is 0 Å². The Bertz CT molecular complexity index is 801. The number of aliphatic carboxylic acids is 1. The second kappa shape index (κ2) is 9.43. The third-order valence-electron chi connectivity index (χ3n) is 5.23. The van der Waals surface area contributed by atoms with E-state index in [-0.39, 0.29) is 12.0 Å². The Labute approximate surface area is 174 Å². The van der Waals surface area contributed by atoms with Crippen molar-refractivity contribution in [1.29, 1.82) is 0 Å². The minimum atomic E-state index is -0.692. The molecule has 28 heavy (non-hydrogen) atoms. The highest BCUT2D eigenvalue weighted by atomic mass is 79.9. The minimum absolute atomic E-state index is 0.0351. The normalized spacial score (nSPS) is 16.5. The largest absolute Gasteiger partial charge is 0.493 e. The standard InChI is InChI=1S/C22H26BrNO4/c1-3-28-20-14-17(6-9-19(20)27-2)21(15-4-7-18(23)8-5-15)24-12-10-16(11-13-24)22(25)26/h4-9,14,16,21H,3,10-13H2,1-2H3,(H,25,26). The van der Waals surface area contributed by atoms with Crippen LogP contribution >= 0.6 is 15.9 Å². The van der Waals surface area contributed by atoms with Crippen LogP contribution in [0.15, 0.2) is 46.9 Å². The van der Waals surface area contributed by atoms with Crippen LogP contribution in [0.5, 0.6) is 11.5 Å². The van der Waals surface area contributed by atoms with Crippen LogP contribution in [-0.2, 0) is 4.79 Å². The zero-order chi connectivity index (χ0) is 20.1. The van der Waals surface area contributed by atoms with Crippen molar-refractivity contribution >= 4 is 21.9 Å². The van der Waals surface area contributed by atoms with Gasteiger partial charge in [-0.15, -0.1) is 0 Å². The van der Waals surface area contributed by atoms with Gasteiger partial charge in [-0.05, 0) is 68.2 Å². The monoisotopic (exact) mass is 447 g/mol. The summed E-state index contributed by atoms with van der Waals surface area (Å²) >= 11 is 3.51. The Morgan fingerprint density at radius 3 is 2.36 bits per heavy atom. The van der Waals surface area contributed by atoms with Crippen molar-refractivity contribution in [3.05, 3.63) is 58.1 Å². The fourth-order valence-electron chi connectivity index (χ4n) is 3.80. The molecule has 0 saturated carbocycles. The number of methoxy groups -OCH3 is 1. The van der Waals surface area contributed by atoms with E-state index < -0.39 is 5.97 Å². The molecule has 0 spiro atoms. The van der Waals surface area contributed by atoms with Gasteiger partial charge in [0.05, 0.1) is 25.7 Å². The summed E-state index contributed by atoms with van der Waals surface area (Å²) in [7, 11) is 1.64. The van der Waals surface area contributed by atoms with E-state index in [9.17, 15) is 9.90 Å². The van der Waals surface area contributed by atoms with Crippen molar-refractivity contribution in [2.75, 3.05) is 26.8 Å². The molecule has 0 bridgehead atoms. The predicted octanol–water partition coefficient (Wildman–Crippen LogP) is 4.74. The first kappa shape index (κ1) is 20.7. The van der Waals surface area contributed by atoms with Gasteiger partial charge in [-0.1, -0.05) is 34.1 Å². The van der Waals surface area contributed by atoms with E-state index in [1.165, 1.54) is 5.56 Å². The van der Waals surface area contributed by atoms with Crippen LogP contribution in [0.4, 0.5) is 0 Å². The summed E-state index contributed by atoms with van der Waals surface area (Å²) in [5.41, 5.74) is 2.28. The van der Waals surface area contributed by atoms with Crippen molar-refractivity contribution < 1.29 is 19.4 Å². The molecule has 0 radical (unpaired) electrons. The number of nitrogens with zero attached hydrogens (tertiary/aromatic N) is 1. The second-order valence-corrected chi connectivity index (χ2v) is 7.86.